The zero-order valence-corrected chi connectivity index (χ0v) is 13.9. The molecule has 0 spiro atoms. The number of amides is 2. The van der Waals surface area contributed by atoms with Crippen LogP contribution in [0, 0.1) is 0 Å². The average Bonchev–Trinajstić information content (AvgIpc) is 3.09. The molecule has 1 saturated heterocycles. The highest BCUT2D eigenvalue weighted by Gasteiger charge is 2.23. The van der Waals surface area contributed by atoms with Crippen LogP contribution in [-0.4, -0.2) is 62.8 Å². The molecule has 24 heavy (non-hydrogen) atoms. The van der Waals surface area contributed by atoms with Gasteiger partial charge in [0.15, 0.2) is 6.61 Å². The molecule has 2 rings (SSSR count). The molecule has 1 aliphatic heterocycles. The molecule has 0 bridgehead atoms. The van der Waals surface area contributed by atoms with Gasteiger partial charge in [0.1, 0.15) is 5.75 Å². The van der Waals surface area contributed by atoms with Crippen LogP contribution in [0.15, 0.2) is 24.3 Å². The molecule has 0 aliphatic carbocycles. The highest BCUT2D eigenvalue weighted by Crippen LogP contribution is 2.17. The third-order valence-electron chi connectivity index (χ3n) is 3.78. The van der Waals surface area contributed by atoms with E-state index in [9.17, 15) is 9.59 Å². The van der Waals surface area contributed by atoms with Crippen molar-refractivity contribution >= 4 is 11.8 Å². The van der Waals surface area contributed by atoms with Crippen LogP contribution in [0.2, 0.25) is 0 Å². The second-order valence-corrected chi connectivity index (χ2v) is 5.66. The van der Waals surface area contributed by atoms with Crippen LogP contribution >= 0.6 is 0 Å². The Labute approximate surface area is 141 Å². The zero-order chi connectivity index (χ0) is 17.4. The SMILES string of the molecule is COCCN(C[C@H]1CCCO1)C(=O)c1ccc(OCC(N)=O)cc1. The first kappa shape index (κ1) is 18.2. The van der Waals surface area contributed by atoms with Crippen LogP contribution < -0.4 is 10.5 Å². The summed E-state index contributed by atoms with van der Waals surface area (Å²) < 4.78 is 15.9. The molecular weight excluding hydrogens is 312 g/mol. The predicted molar refractivity (Wildman–Crippen MR) is 87.9 cm³/mol. The molecule has 7 nitrogen and oxygen atoms in total. The maximum absolute atomic E-state index is 12.7. The highest BCUT2D eigenvalue weighted by atomic mass is 16.5. The van der Waals surface area contributed by atoms with Crippen LogP contribution in [-0.2, 0) is 14.3 Å². The lowest BCUT2D eigenvalue weighted by Crippen LogP contribution is -2.39. The van der Waals surface area contributed by atoms with E-state index in [0.717, 1.165) is 19.4 Å². The van der Waals surface area contributed by atoms with E-state index in [1.54, 1.807) is 36.3 Å². The fourth-order valence-electron chi connectivity index (χ4n) is 2.54. The van der Waals surface area contributed by atoms with E-state index in [4.69, 9.17) is 19.9 Å². The van der Waals surface area contributed by atoms with Crippen LogP contribution in [0.25, 0.3) is 0 Å². The third-order valence-corrected chi connectivity index (χ3v) is 3.78. The van der Waals surface area contributed by atoms with E-state index < -0.39 is 5.91 Å². The first-order valence-corrected chi connectivity index (χ1v) is 8.01. The van der Waals surface area contributed by atoms with Crippen molar-refractivity contribution in [1.29, 1.82) is 0 Å². The molecular formula is C17H24N2O5. The van der Waals surface area contributed by atoms with Crippen molar-refractivity contribution in [2.75, 3.05) is 40.0 Å². The lowest BCUT2D eigenvalue weighted by atomic mass is 10.1. The average molecular weight is 336 g/mol. The summed E-state index contributed by atoms with van der Waals surface area (Å²) in [5.41, 5.74) is 5.59. The van der Waals surface area contributed by atoms with Crippen LogP contribution in [0.4, 0.5) is 0 Å². The van der Waals surface area contributed by atoms with Crippen molar-refractivity contribution in [3.05, 3.63) is 29.8 Å². The summed E-state index contributed by atoms with van der Waals surface area (Å²) in [6, 6.07) is 6.65. The highest BCUT2D eigenvalue weighted by molar-refractivity contribution is 5.94. The number of rotatable bonds is 9. The molecule has 1 heterocycles. The number of ether oxygens (including phenoxy) is 3. The molecule has 2 N–H and O–H groups in total. The van der Waals surface area contributed by atoms with E-state index >= 15 is 0 Å². The maximum Gasteiger partial charge on any atom is 0.255 e. The van der Waals surface area contributed by atoms with Crippen LogP contribution in [0.1, 0.15) is 23.2 Å². The van der Waals surface area contributed by atoms with Gasteiger partial charge in [0.25, 0.3) is 11.8 Å². The van der Waals surface area contributed by atoms with E-state index in [0.29, 0.717) is 31.0 Å². The van der Waals surface area contributed by atoms with Gasteiger partial charge in [0.05, 0.1) is 12.7 Å². The largest absolute Gasteiger partial charge is 0.484 e. The molecule has 0 radical (unpaired) electrons. The fourth-order valence-corrected chi connectivity index (χ4v) is 2.54. The second kappa shape index (κ2) is 9.24. The van der Waals surface area contributed by atoms with Gasteiger partial charge < -0.3 is 24.8 Å². The zero-order valence-electron chi connectivity index (χ0n) is 13.9. The molecule has 1 aromatic rings. The van der Waals surface area contributed by atoms with Crippen molar-refractivity contribution in [1.82, 2.24) is 4.90 Å². The lowest BCUT2D eigenvalue weighted by Gasteiger charge is -2.25. The lowest BCUT2D eigenvalue weighted by molar-refractivity contribution is -0.119. The number of hydrogen-bond acceptors (Lipinski definition) is 5. The summed E-state index contributed by atoms with van der Waals surface area (Å²) in [5.74, 6) is -0.130. The first-order valence-electron chi connectivity index (χ1n) is 8.01. The number of carbonyl (C=O) groups excluding carboxylic acids is 2. The summed E-state index contributed by atoms with van der Waals surface area (Å²) in [6.45, 7) is 2.10. The van der Waals surface area contributed by atoms with Crippen molar-refractivity contribution in [3.63, 3.8) is 0 Å². The van der Waals surface area contributed by atoms with Crippen molar-refractivity contribution in [3.8, 4) is 5.75 Å². The van der Waals surface area contributed by atoms with Gasteiger partial charge in [-0.05, 0) is 37.1 Å². The van der Waals surface area contributed by atoms with Crippen molar-refractivity contribution in [2.45, 2.75) is 18.9 Å². The quantitative estimate of drug-likeness (QED) is 0.721. The van der Waals surface area contributed by atoms with Gasteiger partial charge in [0, 0.05) is 32.4 Å². The van der Waals surface area contributed by atoms with Gasteiger partial charge in [-0.3, -0.25) is 9.59 Å². The van der Waals surface area contributed by atoms with E-state index in [2.05, 4.69) is 0 Å². The monoisotopic (exact) mass is 336 g/mol. The molecule has 1 fully saturated rings. The standard InChI is InChI=1S/C17H24N2O5/c1-22-10-8-19(11-15-3-2-9-23-15)17(21)13-4-6-14(7-5-13)24-12-16(18)20/h4-7,15H,2-3,8-12H2,1H3,(H2,18,20)/t15-/m1/s1. The number of primary amides is 1. The Morgan fingerprint density at radius 3 is 2.67 bits per heavy atom. The Balaban J connectivity index is 1.99. The molecule has 1 aromatic carbocycles. The van der Waals surface area contributed by atoms with E-state index in [-0.39, 0.29) is 18.6 Å². The summed E-state index contributed by atoms with van der Waals surface area (Å²) in [7, 11) is 1.61. The smallest absolute Gasteiger partial charge is 0.255 e. The van der Waals surface area contributed by atoms with Gasteiger partial charge in [-0.1, -0.05) is 0 Å². The molecule has 1 atom stereocenters. The van der Waals surface area contributed by atoms with E-state index in [1.165, 1.54) is 0 Å². The van der Waals surface area contributed by atoms with E-state index in [1.807, 2.05) is 0 Å². The van der Waals surface area contributed by atoms with Crippen LogP contribution in [0.3, 0.4) is 0 Å². The minimum absolute atomic E-state index is 0.0796. The normalized spacial score (nSPS) is 16.8. The minimum atomic E-state index is -0.544. The van der Waals surface area contributed by atoms with Crippen molar-refractivity contribution in [2.24, 2.45) is 5.73 Å². The Bertz CT molecular complexity index is 540. The number of benzene rings is 1. The van der Waals surface area contributed by atoms with Gasteiger partial charge in [-0.25, -0.2) is 0 Å². The number of nitrogens with two attached hydrogens (primary N) is 1. The molecule has 2 amide bonds. The van der Waals surface area contributed by atoms with Gasteiger partial charge in [0.2, 0.25) is 0 Å². The number of carbonyl (C=O) groups is 2. The molecule has 1 aliphatic rings. The molecule has 0 unspecified atom stereocenters. The fraction of sp³-hybridized carbons (Fsp3) is 0.529. The molecule has 0 saturated carbocycles. The summed E-state index contributed by atoms with van der Waals surface area (Å²) in [6.07, 6.45) is 2.09. The topological polar surface area (TPSA) is 91.1 Å². The number of nitrogens with zero attached hydrogens (tertiary/aromatic N) is 1. The van der Waals surface area contributed by atoms with Crippen molar-refractivity contribution < 1.29 is 23.8 Å². The Morgan fingerprint density at radius 2 is 2.08 bits per heavy atom. The maximum atomic E-state index is 12.7. The molecule has 0 aromatic heterocycles. The first-order chi connectivity index (χ1) is 11.6. The van der Waals surface area contributed by atoms with Gasteiger partial charge in [-0.2, -0.15) is 0 Å². The number of hydrogen-bond donors (Lipinski definition) is 1. The number of methoxy groups -OCH3 is 1. The molecule has 7 heteroatoms. The van der Waals surface area contributed by atoms with Gasteiger partial charge >= 0.3 is 0 Å². The Kier molecular flexibility index (Phi) is 7.02. The summed E-state index contributed by atoms with van der Waals surface area (Å²) >= 11 is 0. The Hall–Kier alpha value is -2.12. The molecule has 132 valence electrons. The Morgan fingerprint density at radius 1 is 1.33 bits per heavy atom. The summed E-state index contributed by atoms with van der Waals surface area (Å²) in [4.78, 5) is 25.2. The van der Waals surface area contributed by atoms with Crippen LogP contribution in [0.5, 0.6) is 5.75 Å². The second-order valence-electron chi connectivity index (χ2n) is 5.66. The minimum Gasteiger partial charge on any atom is -0.484 e. The summed E-state index contributed by atoms with van der Waals surface area (Å²) in [5, 5.41) is 0. The predicted octanol–water partition coefficient (Wildman–Crippen LogP) is 0.818. The van der Waals surface area contributed by atoms with Gasteiger partial charge in [-0.15, -0.1) is 0 Å². The third kappa shape index (κ3) is 5.50.